The largest absolute Gasteiger partial charge is 0.494 e. The van der Waals surface area contributed by atoms with Crippen molar-refractivity contribution in [3.8, 4) is 22.8 Å². The molecule has 0 aliphatic heterocycles. The molecule has 3 heterocycles. The molecule has 0 spiro atoms. The summed E-state index contributed by atoms with van der Waals surface area (Å²) in [6.45, 7) is 1.96. The number of aromatic nitrogens is 5. The van der Waals surface area contributed by atoms with Crippen molar-refractivity contribution in [3.05, 3.63) is 90.4 Å². The number of hydrogen-bond acceptors (Lipinski definition) is 6. The molecule has 0 saturated heterocycles. The summed E-state index contributed by atoms with van der Waals surface area (Å²) in [5.41, 5.74) is 2.95. The molecule has 3 aromatic heterocycles. The number of pyridine rings is 2. The number of methoxy groups -OCH3 is 1. The highest BCUT2D eigenvalue weighted by molar-refractivity contribution is 6.02. The molecule has 0 atom stereocenters. The van der Waals surface area contributed by atoms with Gasteiger partial charge in [-0.3, -0.25) is 4.79 Å². The predicted octanol–water partition coefficient (Wildman–Crippen LogP) is 4.45. The zero-order valence-electron chi connectivity index (χ0n) is 18.1. The Morgan fingerprint density at radius 2 is 1.82 bits per heavy atom. The van der Waals surface area contributed by atoms with Crippen LogP contribution in [0.1, 0.15) is 16.2 Å². The van der Waals surface area contributed by atoms with Gasteiger partial charge in [-0.2, -0.15) is 0 Å². The van der Waals surface area contributed by atoms with Gasteiger partial charge in [-0.25, -0.2) is 19.6 Å². The van der Waals surface area contributed by atoms with Crippen LogP contribution in [-0.2, 0) is 0 Å². The number of nitrogens with one attached hydrogen (secondary N) is 1. The van der Waals surface area contributed by atoms with Crippen LogP contribution in [0, 0.1) is 6.92 Å². The van der Waals surface area contributed by atoms with E-state index < -0.39 is 5.91 Å². The number of carbonyl (C=O) groups is 1. The van der Waals surface area contributed by atoms with E-state index in [9.17, 15) is 4.79 Å². The van der Waals surface area contributed by atoms with E-state index in [4.69, 9.17) is 4.74 Å². The summed E-state index contributed by atoms with van der Waals surface area (Å²) in [7, 11) is 1.58. The van der Waals surface area contributed by atoms with Crippen LogP contribution in [0.5, 0.6) is 5.75 Å². The fourth-order valence-electron chi connectivity index (χ4n) is 3.50. The van der Waals surface area contributed by atoms with Crippen molar-refractivity contribution in [2.75, 3.05) is 12.4 Å². The molecule has 0 unspecified atom stereocenters. The van der Waals surface area contributed by atoms with Crippen LogP contribution in [0.4, 0.5) is 5.82 Å². The SMILES string of the molecule is COc1ccc(C)cc1-n1nc(-c2ccccc2)nc1C(=O)Nc1ccc2cccnc2n1. The van der Waals surface area contributed by atoms with E-state index in [2.05, 4.69) is 25.4 Å². The number of nitrogens with zero attached hydrogens (tertiary/aromatic N) is 5. The second-order valence-corrected chi connectivity index (χ2v) is 7.41. The molecule has 0 fully saturated rings. The predicted molar refractivity (Wildman–Crippen MR) is 126 cm³/mol. The lowest BCUT2D eigenvalue weighted by molar-refractivity contribution is 0.101. The summed E-state index contributed by atoms with van der Waals surface area (Å²) in [4.78, 5) is 26.6. The van der Waals surface area contributed by atoms with Gasteiger partial charge in [0.05, 0.1) is 7.11 Å². The molecule has 0 radical (unpaired) electrons. The second-order valence-electron chi connectivity index (χ2n) is 7.41. The van der Waals surface area contributed by atoms with Crippen LogP contribution in [0.15, 0.2) is 79.0 Å². The smallest absolute Gasteiger partial charge is 0.294 e. The van der Waals surface area contributed by atoms with Crippen molar-refractivity contribution in [1.82, 2.24) is 24.7 Å². The highest BCUT2D eigenvalue weighted by Crippen LogP contribution is 2.27. The Labute approximate surface area is 189 Å². The van der Waals surface area contributed by atoms with Gasteiger partial charge in [0.1, 0.15) is 17.3 Å². The molecule has 0 aliphatic rings. The number of benzene rings is 2. The molecule has 33 heavy (non-hydrogen) atoms. The number of aryl methyl sites for hydroxylation is 1. The first kappa shape index (κ1) is 20.3. The van der Waals surface area contributed by atoms with Crippen LogP contribution in [0.25, 0.3) is 28.1 Å². The lowest BCUT2D eigenvalue weighted by atomic mass is 10.2. The first-order valence-corrected chi connectivity index (χ1v) is 10.3. The van der Waals surface area contributed by atoms with Gasteiger partial charge < -0.3 is 10.1 Å². The fraction of sp³-hybridized carbons (Fsp3) is 0.0800. The summed E-state index contributed by atoms with van der Waals surface area (Å²) in [5.74, 6) is 1.04. The number of fused-ring (bicyclic) bond motifs is 1. The Morgan fingerprint density at radius 3 is 2.64 bits per heavy atom. The quantitative estimate of drug-likeness (QED) is 0.437. The average molecular weight is 436 g/mol. The van der Waals surface area contributed by atoms with Gasteiger partial charge in [0.15, 0.2) is 11.5 Å². The van der Waals surface area contributed by atoms with Gasteiger partial charge in [0.25, 0.3) is 5.91 Å². The minimum atomic E-state index is -0.448. The maximum atomic E-state index is 13.3. The Balaban J connectivity index is 1.59. The zero-order valence-corrected chi connectivity index (χ0v) is 18.1. The molecular weight excluding hydrogens is 416 g/mol. The third-order valence-corrected chi connectivity index (χ3v) is 5.11. The lowest BCUT2D eigenvalue weighted by Gasteiger charge is -2.11. The van der Waals surface area contributed by atoms with E-state index in [-0.39, 0.29) is 5.82 Å². The van der Waals surface area contributed by atoms with Gasteiger partial charge in [-0.15, -0.1) is 5.10 Å². The van der Waals surface area contributed by atoms with E-state index in [1.165, 1.54) is 4.68 Å². The summed E-state index contributed by atoms with van der Waals surface area (Å²) in [6, 6.07) is 22.5. The minimum Gasteiger partial charge on any atom is -0.494 e. The number of carbonyl (C=O) groups excluding carboxylic acids is 1. The monoisotopic (exact) mass is 436 g/mol. The summed E-state index contributed by atoms with van der Waals surface area (Å²) in [5, 5.41) is 8.35. The molecule has 1 N–H and O–H groups in total. The van der Waals surface area contributed by atoms with Crippen molar-refractivity contribution < 1.29 is 9.53 Å². The number of hydrogen-bond donors (Lipinski definition) is 1. The lowest BCUT2D eigenvalue weighted by Crippen LogP contribution is -2.19. The Kier molecular flexibility index (Phi) is 5.24. The molecule has 2 aromatic carbocycles. The van der Waals surface area contributed by atoms with E-state index >= 15 is 0 Å². The first-order valence-electron chi connectivity index (χ1n) is 10.3. The average Bonchev–Trinajstić information content (AvgIpc) is 3.30. The zero-order chi connectivity index (χ0) is 22.8. The molecule has 1 amide bonds. The van der Waals surface area contributed by atoms with Gasteiger partial charge in [0.2, 0.25) is 5.82 Å². The van der Waals surface area contributed by atoms with Crippen molar-refractivity contribution in [1.29, 1.82) is 0 Å². The fourth-order valence-corrected chi connectivity index (χ4v) is 3.50. The third-order valence-electron chi connectivity index (χ3n) is 5.11. The number of anilines is 1. The topological polar surface area (TPSA) is 94.8 Å². The van der Waals surface area contributed by atoms with E-state index in [0.717, 1.165) is 16.5 Å². The van der Waals surface area contributed by atoms with Gasteiger partial charge in [-0.05, 0) is 48.9 Å². The Bertz CT molecular complexity index is 1460. The van der Waals surface area contributed by atoms with Gasteiger partial charge >= 0.3 is 0 Å². The van der Waals surface area contributed by atoms with Gasteiger partial charge in [-0.1, -0.05) is 36.4 Å². The number of rotatable bonds is 5. The molecule has 5 aromatic rings. The van der Waals surface area contributed by atoms with Crippen molar-refractivity contribution >= 4 is 22.8 Å². The van der Waals surface area contributed by atoms with Crippen LogP contribution in [-0.4, -0.2) is 37.7 Å². The van der Waals surface area contributed by atoms with Crippen LogP contribution in [0.2, 0.25) is 0 Å². The standard InChI is InChI=1S/C25H20N6O2/c1-16-10-12-20(33-2)19(15-16)31-24(29-23(30-31)17-7-4-3-5-8-17)25(32)28-21-13-11-18-9-6-14-26-22(18)27-21/h3-15H,1-2H3,(H,26,27,28,32). The normalized spacial score (nSPS) is 10.8. The second kappa shape index (κ2) is 8.51. The molecule has 0 saturated carbocycles. The number of ether oxygens (including phenoxy) is 1. The summed E-state index contributed by atoms with van der Waals surface area (Å²) in [6.07, 6.45) is 1.66. The first-order chi connectivity index (χ1) is 16.1. The molecule has 8 nitrogen and oxygen atoms in total. The highest BCUT2D eigenvalue weighted by Gasteiger charge is 2.22. The van der Waals surface area contributed by atoms with E-state index in [0.29, 0.717) is 28.7 Å². The Hall–Kier alpha value is -4.59. The number of amides is 1. The summed E-state index contributed by atoms with van der Waals surface area (Å²) >= 11 is 0. The van der Waals surface area contributed by atoms with Crippen molar-refractivity contribution in [2.24, 2.45) is 0 Å². The molecule has 0 aliphatic carbocycles. The van der Waals surface area contributed by atoms with Crippen LogP contribution in [0.3, 0.4) is 0 Å². The highest BCUT2D eigenvalue weighted by atomic mass is 16.5. The molecule has 0 bridgehead atoms. The van der Waals surface area contributed by atoms with E-state index in [1.54, 1.807) is 19.4 Å². The molecule has 8 heteroatoms. The maximum absolute atomic E-state index is 13.3. The van der Waals surface area contributed by atoms with Crippen LogP contribution < -0.4 is 10.1 Å². The molecule has 162 valence electrons. The van der Waals surface area contributed by atoms with Crippen molar-refractivity contribution in [3.63, 3.8) is 0 Å². The van der Waals surface area contributed by atoms with Crippen molar-refractivity contribution in [2.45, 2.75) is 6.92 Å². The maximum Gasteiger partial charge on any atom is 0.294 e. The molecule has 5 rings (SSSR count). The van der Waals surface area contributed by atoms with Crippen LogP contribution >= 0.6 is 0 Å². The van der Waals surface area contributed by atoms with Gasteiger partial charge in [0, 0.05) is 17.1 Å². The Morgan fingerprint density at radius 1 is 0.970 bits per heavy atom. The van der Waals surface area contributed by atoms with E-state index in [1.807, 2.05) is 73.7 Å². The minimum absolute atomic E-state index is 0.112. The molecular formula is C25H20N6O2. The summed E-state index contributed by atoms with van der Waals surface area (Å²) < 4.78 is 7.03. The third kappa shape index (κ3) is 4.01.